The topological polar surface area (TPSA) is 83.6 Å². The molecule has 0 aliphatic carbocycles. The molecular weight excluding hydrogens is 250 g/mol. The van der Waals surface area contributed by atoms with Crippen LogP contribution in [0.15, 0.2) is 33.6 Å². The largest absolute Gasteiger partial charge is 0.316 e. The number of aromatic amines is 1. The summed E-state index contributed by atoms with van der Waals surface area (Å²) in [7, 11) is 1.87. The summed E-state index contributed by atoms with van der Waals surface area (Å²) in [5.74, 6) is 0. The van der Waals surface area contributed by atoms with Gasteiger partial charge in [-0.2, -0.15) is 0 Å². The third-order valence-electron chi connectivity index (χ3n) is 2.10. The fourth-order valence-electron chi connectivity index (χ4n) is 1.38. The maximum Gasteiger partial charge on any atom is 0.251 e. The second kappa shape index (κ2) is 5.74. The number of H-pyrrole nitrogens is 1. The van der Waals surface area contributed by atoms with E-state index in [4.69, 9.17) is 0 Å². The Kier molecular flexibility index (Phi) is 4.06. The van der Waals surface area contributed by atoms with E-state index in [2.05, 4.69) is 25.3 Å². The maximum atomic E-state index is 11.3. The zero-order valence-corrected chi connectivity index (χ0v) is 10.9. The van der Waals surface area contributed by atoms with Gasteiger partial charge in [-0.05, 0) is 25.7 Å². The number of hydrogen-bond donors (Lipinski definition) is 2. The molecule has 2 heterocycles. The highest BCUT2D eigenvalue weighted by Crippen LogP contribution is 2.19. The van der Waals surface area contributed by atoms with Crippen LogP contribution in [0.3, 0.4) is 0 Å². The first kappa shape index (κ1) is 12.7. The molecule has 0 unspecified atom stereocenters. The quantitative estimate of drug-likeness (QED) is 0.792. The molecule has 0 saturated heterocycles. The van der Waals surface area contributed by atoms with Gasteiger partial charge in [-0.25, -0.2) is 15.0 Å². The van der Waals surface area contributed by atoms with E-state index in [1.807, 2.05) is 7.05 Å². The summed E-state index contributed by atoms with van der Waals surface area (Å²) >= 11 is 1.23. The molecule has 18 heavy (non-hydrogen) atoms. The van der Waals surface area contributed by atoms with Crippen LogP contribution in [0, 0.1) is 6.92 Å². The number of rotatable bonds is 4. The Balaban J connectivity index is 2.15. The summed E-state index contributed by atoms with van der Waals surface area (Å²) in [5.41, 5.74) is 1.51. The molecule has 94 valence electrons. The molecule has 2 aromatic heterocycles. The fourth-order valence-corrected chi connectivity index (χ4v) is 2.10. The van der Waals surface area contributed by atoms with Crippen LogP contribution in [0.1, 0.15) is 11.3 Å². The molecule has 2 N–H and O–H groups in total. The molecule has 0 fully saturated rings. The van der Waals surface area contributed by atoms with Crippen LogP contribution in [-0.4, -0.2) is 27.0 Å². The van der Waals surface area contributed by atoms with Crippen LogP contribution in [-0.2, 0) is 6.54 Å². The standard InChI is InChI=1S/C11H13N5OS/c1-7-3-9(17)16-11(15-7)18-10-13-5-8(4-12-2)6-14-10/h3,5-6,12H,4H2,1-2H3,(H,15,16,17). The van der Waals surface area contributed by atoms with Crippen LogP contribution in [0.5, 0.6) is 0 Å². The van der Waals surface area contributed by atoms with Crippen molar-refractivity contribution in [1.82, 2.24) is 25.3 Å². The molecule has 0 amide bonds. The van der Waals surface area contributed by atoms with Gasteiger partial charge in [-0.1, -0.05) is 0 Å². The zero-order chi connectivity index (χ0) is 13.0. The van der Waals surface area contributed by atoms with Crippen molar-refractivity contribution in [3.8, 4) is 0 Å². The summed E-state index contributed by atoms with van der Waals surface area (Å²) in [6.45, 7) is 2.50. The van der Waals surface area contributed by atoms with E-state index in [1.54, 1.807) is 19.3 Å². The first-order chi connectivity index (χ1) is 8.67. The van der Waals surface area contributed by atoms with Crippen LogP contribution in [0.25, 0.3) is 0 Å². The number of aromatic nitrogens is 4. The Bertz CT molecular complexity index is 581. The fraction of sp³-hybridized carbons (Fsp3) is 0.273. The van der Waals surface area contributed by atoms with Crippen molar-refractivity contribution in [3.05, 3.63) is 40.1 Å². The van der Waals surface area contributed by atoms with Gasteiger partial charge in [0, 0.05) is 36.3 Å². The van der Waals surface area contributed by atoms with E-state index in [-0.39, 0.29) is 5.56 Å². The third-order valence-corrected chi connectivity index (χ3v) is 2.88. The molecule has 0 aliphatic heterocycles. The minimum atomic E-state index is -0.170. The van der Waals surface area contributed by atoms with Gasteiger partial charge in [0.15, 0.2) is 10.3 Å². The molecule has 7 heteroatoms. The van der Waals surface area contributed by atoms with Crippen molar-refractivity contribution in [3.63, 3.8) is 0 Å². The number of hydrogen-bond acceptors (Lipinski definition) is 6. The Morgan fingerprint density at radius 2 is 2.11 bits per heavy atom. The van der Waals surface area contributed by atoms with Gasteiger partial charge in [0.1, 0.15) is 0 Å². The Labute approximate surface area is 108 Å². The van der Waals surface area contributed by atoms with E-state index in [9.17, 15) is 4.79 Å². The van der Waals surface area contributed by atoms with Crippen LogP contribution in [0.2, 0.25) is 0 Å². The summed E-state index contributed by atoms with van der Waals surface area (Å²) in [6, 6.07) is 1.45. The van der Waals surface area contributed by atoms with Gasteiger partial charge >= 0.3 is 0 Å². The Morgan fingerprint density at radius 1 is 1.39 bits per heavy atom. The van der Waals surface area contributed by atoms with E-state index in [0.29, 0.717) is 16.0 Å². The molecule has 0 spiro atoms. The lowest BCUT2D eigenvalue weighted by atomic mass is 10.3. The average Bonchev–Trinajstić information content (AvgIpc) is 2.31. The molecule has 0 atom stereocenters. The van der Waals surface area contributed by atoms with Crippen molar-refractivity contribution in [2.24, 2.45) is 0 Å². The lowest BCUT2D eigenvalue weighted by Gasteiger charge is -2.02. The molecule has 0 aliphatic rings. The predicted octanol–water partition coefficient (Wildman–Crippen LogP) is 0.739. The van der Waals surface area contributed by atoms with Gasteiger partial charge in [0.05, 0.1) is 0 Å². The molecule has 0 saturated carbocycles. The minimum absolute atomic E-state index is 0.170. The van der Waals surface area contributed by atoms with Gasteiger partial charge in [-0.15, -0.1) is 0 Å². The van der Waals surface area contributed by atoms with Crippen molar-refractivity contribution in [2.75, 3.05) is 7.05 Å². The SMILES string of the molecule is CNCc1cnc(Sc2nc(C)cc(=O)[nH]2)nc1. The van der Waals surface area contributed by atoms with Crippen molar-refractivity contribution >= 4 is 11.8 Å². The first-order valence-electron chi connectivity index (χ1n) is 5.39. The minimum Gasteiger partial charge on any atom is -0.316 e. The monoisotopic (exact) mass is 263 g/mol. The van der Waals surface area contributed by atoms with Crippen LogP contribution in [0.4, 0.5) is 0 Å². The molecule has 0 radical (unpaired) electrons. The second-order valence-electron chi connectivity index (χ2n) is 3.70. The van der Waals surface area contributed by atoms with E-state index < -0.39 is 0 Å². The summed E-state index contributed by atoms with van der Waals surface area (Å²) in [6.07, 6.45) is 3.50. The van der Waals surface area contributed by atoms with Crippen LogP contribution >= 0.6 is 11.8 Å². The molecule has 2 rings (SSSR count). The number of aryl methyl sites for hydroxylation is 1. The lowest BCUT2D eigenvalue weighted by Crippen LogP contribution is -2.08. The van der Waals surface area contributed by atoms with Crippen LogP contribution < -0.4 is 10.9 Å². The average molecular weight is 263 g/mol. The summed E-state index contributed by atoms with van der Waals surface area (Å²) < 4.78 is 0. The number of nitrogens with zero attached hydrogens (tertiary/aromatic N) is 3. The van der Waals surface area contributed by atoms with Gasteiger partial charge in [0.2, 0.25) is 0 Å². The van der Waals surface area contributed by atoms with Gasteiger partial charge in [-0.3, -0.25) is 4.79 Å². The predicted molar refractivity (Wildman–Crippen MR) is 68.5 cm³/mol. The van der Waals surface area contributed by atoms with E-state index >= 15 is 0 Å². The number of nitrogens with one attached hydrogen (secondary N) is 2. The van der Waals surface area contributed by atoms with E-state index in [0.717, 1.165) is 12.1 Å². The maximum absolute atomic E-state index is 11.3. The van der Waals surface area contributed by atoms with Crippen molar-refractivity contribution in [1.29, 1.82) is 0 Å². The third kappa shape index (κ3) is 3.38. The molecule has 6 nitrogen and oxygen atoms in total. The zero-order valence-electron chi connectivity index (χ0n) is 10.1. The smallest absolute Gasteiger partial charge is 0.251 e. The van der Waals surface area contributed by atoms with Gasteiger partial charge < -0.3 is 10.3 Å². The normalized spacial score (nSPS) is 10.6. The van der Waals surface area contributed by atoms with Crippen molar-refractivity contribution in [2.45, 2.75) is 23.8 Å². The highest BCUT2D eigenvalue weighted by atomic mass is 32.2. The molecular formula is C11H13N5OS. The van der Waals surface area contributed by atoms with Crippen molar-refractivity contribution < 1.29 is 0 Å². The molecule has 0 aromatic carbocycles. The second-order valence-corrected chi connectivity index (χ2v) is 4.65. The Morgan fingerprint density at radius 3 is 2.72 bits per heavy atom. The highest BCUT2D eigenvalue weighted by molar-refractivity contribution is 7.99. The first-order valence-corrected chi connectivity index (χ1v) is 6.20. The Hall–Kier alpha value is -1.73. The highest BCUT2D eigenvalue weighted by Gasteiger charge is 2.04. The summed E-state index contributed by atoms with van der Waals surface area (Å²) in [4.78, 5) is 26.5. The lowest BCUT2D eigenvalue weighted by molar-refractivity contribution is 0.792. The molecule has 2 aromatic rings. The molecule has 0 bridgehead atoms. The van der Waals surface area contributed by atoms with E-state index in [1.165, 1.54) is 17.8 Å². The van der Waals surface area contributed by atoms with Gasteiger partial charge in [0.25, 0.3) is 5.56 Å². The summed E-state index contributed by atoms with van der Waals surface area (Å²) in [5, 5.41) is 4.08.